The van der Waals surface area contributed by atoms with Crippen molar-refractivity contribution in [1.29, 1.82) is 5.26 Å². The summed E-state index contributed by atoms with van der Waals surface area (Å²) >= 11 is 3.59. The molecule has 15 heavy (non-hydrogen) atoms. The summed E-state index contributed by atoms with van der Waals surface area (Å²) in [5.74, 6) is 0.762. The second-order valence-corrected chi connectivity index (χ2v) is 5.44. The molecule has 1 N–H and O–H groups in total. The molecule has 0 unspecified atom stereocenters. The third kappa shape index (κ3) is 1.67. The number of hydrogen-bond donors (Lipinski definition) is 1. The minimum atomic E-state index is -0.0906. The van der Waals surface area contributed by atoms with Crippen LogP contribution in [0.5, 0.6) is 0 Å². The highest BCUT2D eigenvalue weighted by molar-refractivity contribution is 9.09. The SMILES string of the molecule is N#CCCCNC(=O)[C@@]12CCC[C@@H]1[C@H]2Br. The molecule has 2 rings (SSSR count). The van der Waals surface area contributed by atoms with Crippen molar-refractivity contribution >= 4 is 21.8 Å². The van der Waals surface area contributed by atoms with Crippen molar-refractivity contribution in [2.24, 2.45) is 11.3 Å². The summed E-state index contributed by atoms with van der Waals surface area (Å²) in [7, 11) is 0. The Balaban J connectivity index is 1.80. The number of carbonyl (C=O) groups is 1. The van der Waals surface area contributed by atoms with E-state index >= 15 is 0 Å². The zero-order valence-corrected chi connectivity index (χ0v) is 10.2. The van der Waals surface area contributed by atoms with Crippen LogP contribution in [0.15, 0.2) is 0 Å². The molecule has 2 fully saturated rings. The van der Waals surface area contributed by atoms with Gasteiger partial charge in [-0.3, -0.25) is 4.79 Å². The number of nitriles is 1. The van der Waals surface area contributed by atoms with E-state index in [1.165, 1.54) is 12.8 Å². The summed E-state index contributed by atoms with van der Waals surface area (Å²) in [5.41, 5.74) is -0.0906. The van der Waals surface area contributed by atoms with E-state index in [2.05, 4.69) is 27.3 Å². The largest absolute Gasteiger partial charge is 0.356 e. The Hall–Kier alpha value is -0.560. The summed E-state index contributed by atoms with van der Waals surface area (Å²) in [6, 6.07) is 2.08. The van der Waals surface area contributed by atoms with Gasteiger partial charge in [0.15, 0.2) is 0 Å². The van der Waals surface area contributed by atoms with E-state index in [0.717, 1.165) is 12.8 Å². The fourth-order valence-corrected chi connectivity index (χ4v) is 4.11. The molecule has 0 radical (unpaired) electrons. The van der Waals surface area contributed by atoms with E-state index in [-0.39, 0.29) is 11.3 Å². The van der Waals surface area contributed by atoms with E-state index in [9.17, 15) is 4.79 Å². The van der Waals surface area contributed by atoms with Gasteiger partial charge in [-0.2, -0.15) is 5.26 Å². The summed E-state index contributed by atoms with van der Waals surface area (Å²) in [5, 5.41) is 11.3. The van der Waals surface area contributed by atoms with Gasteiger partial charge in [-0.25, -0.2) is 0 Å². The highest BCUT2D eigenvalue weighted by Gasteiger charge is 2.69. The predicted octanol–water partition coefficient (Wildman–Crippen LogP) is 1.97. The molecule has 2 saturated carbocycles. The first-order valence-corrected chi connectivity index (χ1v) is 6.44. The standard InChI is InChI=1S/C11H15BrN2O/c12-9-8-4-3-5-11(8,9)10(15)14-7-2-1-6-13/h8-9H,1-5,7H2,(H,14,15)/t8-,9-,11+/m1/s1. The fourth-order valence-electron chi connectivity index (χ4n) is 2.75. The van der Waals surface area contributed by atoms with Crippen LogP contribution in [0.25, 0.3) is 0 Å². The van der Waals surface area contributed by atoms with E-state index in [1.54, 1.807) is 0 Å². The molecule has 0 bridgehead atoms. The maximum absolute atomic E-state index is 12.0. The van der Waals surface area contributed by atoms with Gasteiger partial charge in [0.1, 0.15) is 0 Å². The van der Waals surface area contributed by atoms with E-state index < -0.39 is 0 Å². The number of rotatable bonds is 4. The first-order chi connectivity index (χ1) is 7.23. The monoisotopic (exact) mass is 270 g/mol. The quantitative estimate of drug-likeness (QED) is 0.627. The topological polar surface area (TPSA) is 52.9 Å². The Morgan fingerprint density at radius 1 is 1.67 bits per heavy atom. The van der Waals surface area contributed by atoms with Crippen molar-refractivity contribution in [3.05, 3.63) is 0 Å². The van der Waals surface area contributed by atoms with Gasteiger partial charge >= 0.3 is 0 Å². The molecule has 4 heteroatoms. The lowest BCUT2D eigenvalue weighted by Crippen LogP contribution is -2.33. The van der Waals surface area contributed by atoms with Crippen LogP contribution in [0.1, 0.15) is 32.1 Å². The van der Waals surface area contributed by atoms with Crippen molar-refractivity contribution < 1.29 is 4.79 Å². The lowest BCUT2D eigenvalue weighted by atomic mass is 10.0. The van der Waals surface area contributed by atoms with Gasteiger partial charge in [-0.05, 0) is 25.2 Å². The maximum atomic E-state index is 12.0. The summed E-state index contributed by atoms with van der Waals surface area (Å²) in [6.07, 6.45) is 4.67. The zero-order valence-electron chi connectivity index (χ0n) is 8.63. The number of hydrogen-bond acceptors (Lipinski definition) is 2. The van der Waals surface area contributed by atoms with Gasteiger partial charge in [0.05, 0.1) is 11.5 Å². The Kier molecular flexibility index (Phi) is 3.01. The van der Waals surface area contributed by atoms with E-state index in [1.807, 2.05) is 0 Å². The van der Waals surface area contributed by atoms with Crippen LogP contribution in [0.4, 0.5) is 0 Å². The first kappa shape index (κ1) is 10.9. The maximum Gasteiger partial charge on any atom is 0.227 e. The molecule has 3 nitrogen and oxygen atoms in total. The van der Waals surface area contributed by atoms with Crippen LogP contribution < -0.4 is 5.32 Å². The van der Waals surface area contributed by atoms with Crippen molar-refractivity contribution in [3.63, 3.8) is 0 Å². The summed E-state index contributed by atoms with van der Waals surface area (Å²) in [6.45, 7) is 0.639. The van der Waals surface area contributed by atoms with Gasteiger partial charge in [0, 0.05) is 17.8 Å². The number of halogens is 1. The van der Waals surface area contributed by atoms with Crippen LogP contribution in [-0.4, -0.2) is 17.3 Å². The van der Waals surface area contributed by atoms with Gasteiger partial charge in [0.2, 0.25) is 5.91 Å². The van der Waals surface area contributed by atoms with Crippen LogP contribution in [0.3, 0.4) is 0 Å². The van der Waals surface area contributed by atoms with Gasteiger partial charge in [-0.1, -0.05) is 22.4 Å². The first-order valence-electron chi connectivity index (χ1n) is 5.53. The molecule has 82 valence electrons. The molecule has 2 aliphatic rings. The Morgan fingerprint density at radius 2 is 2.47 bits per heavy atom. The molecule has 0 aromatic rings. The van der Waals surface area contributed by atoms with Crippen molar-refractivity contribution in [3.8, 4) is 6.07 Å². The fraction of sp³-hybridized carbons (Fsp3) is 0.818. The molecule has 1 amide bonds. The second-order valence-electron chi connectivity index (χ2n) is 4.46. The number of nitrogens with zero attached hydrogens (tertiary/aromatic N) is 1. The van der Waals surface area contributed by atoms with Gasteiger partial charge < -0.3 is 5.32 Å². The molecule has 0 aromatic heterocycles. The van der Waals surface area contributed by atoms with E-state index in [4.69, 9.17) is 5.26 Å². The van der Waals surface area contributed by atoms with Crippen molar-refractivity contribution in [2.75, 3.05) is 6.54 Å². The van der Waals surface area contributed by atoms with Crippen LogP contribution in [0.2, 0.25) is 0 Å². The Labute approximate surface area is 98.3 Å². The van der Waals surface area contributed by atoms with Crippen molar-refractivity contribution in [1.82, 2.24) is 5.32 Å². The lowest BCUT2D eigenvalue weighted by molar-refractivity contribution is -0.126. The van der Waals surface area contributed by atoms with Gasteiger partial charge in [-0.15, -0.1) is 0 Å². The highest BCUT2D eigenvalue weighted by Crippen LogP contribution is 2.67. The van der Waals surface area contributed by atoms with Gasteiger partial charge in [0.25, 0.3) is 0 Å². The highest BCUT2D eigenvalue weighted by atomic mass is 79.9. The number of alkyl halides is 1. The average Bonchev–Trinajstić information content (AvgIpc) is 2.66. The summed E-state index contributed by atoms with van der Waals surface area (Å²) in [4.78, 5) is 12.4. The zero-order chi connectivity index (χ0) is 10.9. The van der Waals surface area contributed by atoms with E-state index in [0.29, 0.717) is 23.7 Å². The molecular formula is C11H15BrN2O. The third-order valence-electron chi connectivity index (χ3n) is 3.68. The number of fused-ring (bicyclic) bond motifs is 1. The molecule has 0 aromatic carbocycles. The number of nitrogens with one attached hydrogen (secondary N) is 1. The minimum absolute atomic E-state index is 0.0906. The molecule has 0 aliphatic heterocycles. The predicted molar refractivity (Wildman–Crippen MR) is 60.3 cm³/mol. The molecule has 0 heterocycles. The normalized spacial score (nSPS) is 36.8. The molecule has 3 atom stereocenters. The van der Waals surface area contributed by atoms with Crippen LogP contribution in [0, 0.1) is 22.7 Å². The summed E-state index contributed by atoms with van der Waals surface area (Å²) < 4.78 is 0. The molecule has 0 spiro atoms. The Bertz CT molecular complexity index is 312. The second kappa shape index (κ2) is 4.13. The van der Waals surface area contributed by atoms with Crippen LogP contribution >= 0.6 is 15.9 Å². The third-order valence-corrected chi connectivity index (χ3v) is 5.13. The molecule has 2 aliphatic carbocycles. The molecule has 0 saturated heterocycles. The Morgan fingerprint density at radius 3 is 3.07 bits per heavy atom. The molecular weight excluding hydrogens is 256 g/mol. The van der Waals surface area contributed by atoms with Crippen LogP contribution in [-0.2, 0) is 4.79 Å². The number of amides is 1. The average molecular weight is 271 g/mol. The minimum Gasteiger partial charge on any atom is -0.356 e. The number of carbonyl (C=O) groups excluding carboxylic acids is 1. The van der Waals surface area contributed by atoms with Crippen molar-refractivity contribution in [2.45, 2.75) is 36.9 Å². The lowest BCUT2D eigenvalue weighted by Gasteiger charge is -2.12. The smallest absolute Gasteiger partial charge is 0.227 e. The number of unbranched alkanes of at least 4 members (excludes halogenated alkanes) is 1.